The van der Waals surface area contributed by atoms with Crippen LogP contribution >= 0.6 is 0 Å². The Balaban J connectivity index is 2.13. The van der Waals surface area contributed by atoms with Crippen LogP contribution in [-0.4, -0.2) is 37.4 Å². The van der Waals surface area contributed by atoms with Gasteiger partial charge in [-0.3, -0.25) is 4.79 Å². The van der Waals surface area contributed by atoms with E-state index in [1.54, 1.807) is 0 Å². The van der Waals surface area contributed by atoms with Gasteiger partial charge in [-0.15, -0.1) is 0 Å². The number of rotatable bonds is 1. The molecular weight excluding hydrogens is 292 g/mol. The Labute approximate surface area is 124 Å². The van der Waals surface area contributed by atoms with Crippen LogP contribution < -0.4 is 0 Å². The first-order valence-electron chi connectivity index (χ1n) is 6.38. The lowest BCUT2D eigenvalue weighted by Crippen LogP contribution is -2.29. The van der Waals surface area contributed by atoms with Gasteiger partial charge in [0.2, 0.25) is 5.76 Å². The molecule has 1 atom stereocenters. The van der Waals surface area contributed by atoms with Crippen LogP contribution in [0.15, 0.2) is 47.1 Å². The van der Waals surface area contributed by atoms with E-state index in [4.69, 9.17) is 4.74 Å². The van der Waals surface area contributed by atoms with Gasteiger partial charge >= 0.3 is 0 Å². The fraction of sp³-hybridized carbons (Fsp3) is 0.133. The first-order chi connectivity index (χ1) is 10.4. The molecule has 0 aromatic heterocycles. The molecule has 0 amide bonds. The molecule has 0 spiro atoms. The Kier molecular flexibility index (Phi) is 2.98. The summed E-state index contributed by atoms with van der Waals surface area (Å²) in [4.78, 5) is 11.5. The third kappa shape index (κ3) is 2.03. The standard InChI is InChI=1S/C15H12O7/c16-7-4-10(19)12-11(5-7)22-15(14(21)13(12)20)6-1-2-8(17)9(18)3-6/h1-4,11,17-21H,5H2. The van der Waals surface area contributed by atoms with Crippen LogP contribution in [0.4, 0.5) is 0 Å². The van der Waals surface area contributed by atoms with Crippen LogP contribution in [0.1, 0.15) is 12.0 Å². The molecule has 1 aliphatic heterocycles. The molecule has 114 valence electrons. The van der Waals surface area contributed by atoms with E-state index in [0.29, 0.717) is 0 Å². The lowest BCUT2D eigenvalue weighted by Gasteiger charge is -2.30. The van der Waals surface area contributed by atoms with Crippen molar-refractivity contribution in [3.63, 3.8) is 0 Å². The minimum atomic E-state index is -0.945. The summed E-state index contributed by atoms with van der Waals surface area (Å²) < 4.78 is 5.49. The predicted octanol–water partition coefficient (Wildman–Crippen LogP) is 1.95. The number of carbonyl (C=O) groups excluding carboxylic acids is 1. The summed E-state index contributed by atoms with van der Waals surface area (Å²) in [6.07, 6.45) is -0.0975. The molecular formula is C15H12O7. The molecule has 0 radical (unpaired) electrons. The third-order valence-corrected chi connectivity index (χ3v) is 3.47. The van der Waals surface area contributed by atoms with Crippen molar-refractivity contribution in [1.82, 2.24) is 0 Å². The molecule has 2 aliphatic rings. The molecule has 3 rings (SSSR count). The van der Waals surface area contributed by atoms with Gasteiger partial charge in [0.15, 0.2) is 28.8 Å². The predicted molar refractivity (Wildman–Crippen MR) is 74.2 cm³/mol. The zero-order valence-electron chi connectivity index (χ0n) is 11.1. The minimum Gasteiger partial charge on any atom is -0.507 e. The molecule has 1 aromatic carbocycles. The van der Waals surface area contributed by atoms with Crippen LogP contribution in [0.2, 0.25) is 0 Å². The van der Waals surface area contributed by atoms with Crippen LogP contribution in [0.5, 0.6) is 11.5 Å². The van der Waals surface area contributed by atoms with Crippen LogP contribution in [0.3, 0.4) is 0 Å². The molecule has 7 heteroatoms. The summed E-state index contributed by atoms with van der Waals surface area (Å²) in [5.41, 5.74) is 0.128. The first kappa shape index (κ1) is 13.9. The smallest absolute Gasteiger partial charge is 0.201 e. The molecule has 1 heterocycles. The molecule has 0 saturated carbocycles. The molecule has 1 aromatic rings. The summed E-state index contributed by atoms with van der Waals surface area (Å²) in [5.74, 6) is -3.02. The summed E-state index contributed by atoms with van der Waals surface area (Å²) in [6, 6.07) is 3.69. The SMILES string of the molecule is O=C1C=C(O)C2=C(O)C(O)=C(c3ccc(O)c(O)c3)OC2C1. The van der Waals surface area contributed by atoms with E-state index < -0.39 is 29.1 Å². The van der Waals surface area contributed by atoms with Crippen molar-refractivity contribution in [2.45, 2.75) is 12.5 Å². The van der Waals surface area contributed by atoms with E-state index in [1.165, 1.54) is 12.1 Å². The Morgan fingerprint density at radius 3 is 2.41 bits per heavy atom. The Bertz CT molecular complexity index is 770. The average Bonchev–Trinajstić information content (AvgIpc) is 2.45. The highest BCUT2D eigenvalue weighted by molar-refractivity contribution is 5.93. The molecule has 22 heavy (non-hydrogen) atoms. The topological polar surface area (TPSA) is 127 Å². The molecule has 0 fully saturated rings. The molecule has 0 bridgehead atoms. The zero-order valence-corrected chi connectivity index (χ0v) is 11.1. The maximum atomic E-state index is 11.5. The van der Waals surface area contributed by atoms with Gasteiger partial charge in [0, 0.05) is 11.6 Å². The number of ether oxygens (including phenoxy) is 1. The van der Waals surface area contributed by atoms with Crippen LogP contribution in [-0.2, 0) is 9.53 Å². The number of phenols is 2. The van der Waals surface area contributed by atoms with Gasteiger partial charge < -0.3 is 30.3 Å². The van der Waals surface area contributed by atoms with Crippen molar-refractivity contribution in [1.29, 1.82) is 0 Å². The lowest BCUT2D eigenvalue weighted by atomic mass is 9.91. The maximum absolute atomic E-state index is 11.5. The van der Waals surface area contributed by atoms with Gasteiger partial charge in [0.25, 0.3) is 0 Å². The normalized spacial score (nSPS) is 21.4. The Morgan fingerprint density at radius 2 is 1.73 bits per heavy atom. The monoisotopic (exact) mass is 304 g/mol. The number of allylic oxidation sites excluding steroid dienone is 1. The van der Waals surface area contributed by atoms with Crippen molar-refractivity contribution < 1.29 is 35.1 Å². The van der Waals surface area contributed by atoms with Gasteiger partial charge in [0.05, 0.1) is 12.0 Å². The largest absolute Gasteiger partial charge is 0.507 e. The molecule has 1 aliphatic carbocycles. The molecule has 1 unspecified atom stereocenters. The van der Waals surface area contributed by atoms with Gasteiger partial charge in [-0.1, -0.05) is 0 Å². The summed E-state index contributed by atoms with van der Waals surface area (Å²) >= 11 is 0. The highest BCUT2D eigenvalue weighted by Crippen LogP contribution is 2.39. The van der Waals surface area contributed by atoms with Gasteiger partial charge in [-0.25, -0.2) is 0 Å². The second-order valence-corrected chi connectivity index (χ2v) is 4.95. The number of hydrogen-bond acceptors (Lipinski definition) is 7. The quantitative estimate of drug-likeness (QED) is 0.502. The van der Waals surface area contributed by atoms with Crippen molar-refractivity contribution >= 4 is 11.5 Å². The van der Waals surface area contributed by atoms with E-state index >= 15 is 0 Å². The van der Waals surface area contributed by atoms with E-state index in [9.17, 15) is 30.3 Å². The Morgan fingerprint density at radius 1 is 1.00 bits per heavy atom. The number of aliphatic hydroxyl groups excluding tert-OH is 3. The van der Waals surface area contributed by atoms with Gasteiger partial charge in [0.1, 0.15) is 11.9 Å². The number of phenolic OH excluding ortho intramolecular Hbond substituents is 2. The van der Waals surface area contributed by atoms with Crippen molar-refractivity contribution in [3.05, 3.63) is 52.7 Å². The van der Waals surface area contributed by atoms with E-state index in [1.807, 2.05) is 0 Å². The zero-order chi connectivity index (χ0) is 16.0. The number of benzene rings is 1. The summed E-state index contributed by atoms with van der Waals surface area (Å²) in [6.45, 7) is 0. The van der Waals surface area contributed by atoms with E-state index in [-0.39, 0.29) is 34.8 Å². The fourth-order valence-electron chi connectivity index (χ4n) is 2.42. The second kappa shape index (κ2) is 4.73. The molecule has 0 saturated heterocycles. The summed E-state index contributed by atoms with van der Waals surface area (Å²) in [5, 5.41) is 48.7. The van der Waals surface area contributed by atoms with Crippen LogP contribution in [0.25, 0.3) is 5.76 Å². The van der Waals surface area contributed by atoms with Crippen molar-refractivity contribution in [2.75, 3.05) is 0 Å². The highest BCUT2D eigenvalue weighted by atomic mass is 16.5. The third-order valence-electron chi connectivity index (χ3n) is 3.47. The number of fused-ring (bicyclic) bond motifs is 1. The number of hydrogen-bond donors (Lipinski definition) is 5. The maximum Gasteiger partial charge on any atom is 0.201 e. The number of carbonyl (C=O) groups is 1. The molecule has 5 N–H and O–H groups in total. The number of aromatic hydroxyl groups is 2. The van der Waals surface area contributed by atoms with Crippen molar-refractivity contribution in [3.8, 4) is 11.5 Å². The van der Waals surface area contributed by atoms with E-state index in [0.717, 1.165) is 12.1 Å². The van der Waals surface area contributed by atoms with Gasteiger partial charge in [-0.2, -0.15) is 0 Å². The Hall–Kier alpha value is -3.09. The minimum absolute atomic E-state index is 0.0659. The molecule has 7 nitrogen and oxygen atoms in total. The second-order valence-electron chi connectivity index (χ2n) is 4.95. The first-order valence-corrected chi connectivity index (χ1v) is 6.38. The average molecular weight is 304 g/mol. The number of ketones is 1. The van der Waals surface area contributed by atoms with Gasteiger partial charge in [-0.05, 0) is 18.2 Å². The lowest BCUT2D eigenvalue weighted by molar-refractivity contribution is -0.116. The number of aliphatic hydroxyl groups is 3. The highest BCUT2D eigenvalue weighted by Gasteiger charge is 2.37. The van der Waals surface area contributed by atoms with E-state index in [2.05, 4.69) is 0 Å². The van der Waals surface area contributed by atoms with Crippen LogP contribution in [0, 0.1) is 0 Å². The summed E-state index contributed by atoms with van der Waals surface area (Å²) in [7, 11) is 0. The van der Waals surface area contributed by atoms with Crippen molar-refractivity contribution in [2.24, 2.45) is 0 Å². The fourth-order valence-corrected chi connectivity index (χ4v) is 2.42.